The van der Waals surface area contributed by atoms with Gasteiger partial charge in [0, 0.05) is 17.1 Å². The summed E-state index contributed by atoms with van der Waals surface area (Å²) in [6, 6.07) is 15.7. The molecule has 0 fully saturated rings. The summed E-state index contributed by atoms with van der Waals surface area (Å²) in [6.45, 7) is 1.06. The van der Waals surface area contributed by atoms with Crippen molar-refractivity contribution in [2.45, 2.75) is 18.7 Å². The quantitative estimate of drug-likeness (QED) is 0.944. The minimum absolute atomic E-state index is 0.118. The molecule has 1 N–H and O–H groups in total. The summed E-state index contributed by atoms with van der Waals surface area (Å²) in [5.74, 6) is 0.801. The number of halogens is 1. The van der Waals surface area contributed by atoms with Gasteiger partial charge >= 0.3 is 0 Å². The molecule has 0 saturated carbocycles. The van der Waals surface area contributed by atoms with E-state index in [4.69, 9.17) is 16.3 Å². The highest BCUT2D eigenvalue weighted by molar-refractivity contribution is 6.30. The highest BCUT2D eigenvalue weighted by Crippen LogP contribution is 2.37. The van der Waals surface area contributed by atoms with Crippen LogP contribution in [0.3, 0.4) is 0 Å². The zero-order chi connectivity index (χ0) is 14.8. The van der Waals surface area contributed by atoms with Gasteiger partial charge in [-0.1, -0.05) is 41.9 Å². The Morgan fingerprint density at radius 3 is 2.76 bits per heavy atom. The molecule has 2 atom stereocenters. The maximum Gasteiger partial charge on any atom is 0.124 e. The summed E-state index contributed by atoms with van der Waals surface area (Å²) in [5.41, 5.74) is 2.15. The number of likely N-dealkylation sites (N-methyl/N-ethyl adjacent to an activating group) is 1. The zero-order valence-electron chi connectivity index (χ0n) is 11.9. The second kappa shape index (κ2) is 6.06. The van der Waals surface area contributed by atoms with Gasteiger partial charge in [-0.05, 0) is 30.8 Å². The van der Waals surface area contributed by atoms with Crippen molar-refractivity contribution in [1.82, 2.24) is 4.90 Å². The zero-order valence-corrected chi connectivity index (χ0v) is 12.6. The number of aliphatic hydroxyl groups is 1. The fourth-order valence-corrected chi connectivity index (χ4v) is 3.04. The third-order valence-corrected chi connectivity index (χ3v) is 4.05. The monoisotopic (exact) mass is 303 g/mol. The maximum absolute atomic E-state index is 10.3. The van der Waals surface area contributed by atoms with Gasteiger partial charge in [-0.25, -0.2) is 0 Å². The van der Waals surface area contributed by atoms with Gasteiger partial charge in [0.05, 0.1) is 6.04 Å². The Bertz CT molecular complexity index is 617. The number of benzene rings is 2. The molecular formula is C17H18ClNO2. The van der Waals surface area contributed by atoms with Gasteiger partial charge in [0.15, 0.2) is 0 Å². The lowest BCUT2D eigenvalue weighted by molar-refractivity contribution is 0.00692. The second-order valence-electron chi connectivity index (χ2n) is 5.41. The number of fused-ring (bicyclic) bond motifs is 1. The smallest absolute Gasteiger partial charge is 0.124 e. The van der Waals surface area contributed by atoms with Crippen LogP contribution in [0.5, 0.6) is 5.75 Å². The molecule has 0 radical (unpaired) electrons. The maximum atomic E-state index is 10.3. The van der Waals surface area contributed by atoms with Gasteiger partial charge in [-0.3, -0.25) is 4.90 Å². The summed E-state index contributed by atoms with van der Waals surface area (Å²) in [7, 11) is 2.01. The lowest BCUT2D eigenvalue weighted by atomic mass is 9.96. The molecule has 4 heteroatoms. The molecule has 3 rings (SSSR count). The van der Waals surface area contributed by atoms with Crippen LogP contribution in [0.25, 0.3) is 0 Å². The normalized spacial score (nSPS) is 21.0. The van der Waals surface area contributed by atoms with Gasteiger partial charge in [0.2, 0.25) is 0 Å². The first-order chi connectivity index (χ1) is 10.1. The Morgan fingerprint density at radius 1 is 1.24 bits per heavy atom. The van der Waals surface area contributed by atoms with Crippen LogP contribution in [0.1, 0.15) is 17.2 Å². The summed E-state index contributed by atoms with van der Waals surface area (Å²) in [4.78, 5) is 2.14. The average molecular weight is 304 g/mol. The first kappa shape index (κ1) is 14.4. The fourth-order valence-electron chi connectivity index (χ4n) is 2.86. The first-order valence-corrected chi connectivity index (χ1v) is 7.37. The van der Waals surface area contributed by atoms with E-state index in [1.54, 1.807) is 0 Å². The van der Waals surface area contributed by atoms with Crippen molar-refractivity contribution in [2.75, 3.05) is 13.7 Å². The molecule has 1 aliphatic heterocycles. The fraction of sp³-hybridized carbons (Fsp3) is 0.294. The number of hydrogen-bond acceptors (Lipinski definition) is 3. The summed E-state index contributed by atoms with van der Waals surface area (Å²) in [5, 5.41) is 11.0. The van der Waals surface area contributed by atoms with E-state index in [1.807, 2.05) is 43.4 Å². The average Bonchev–Trinajstić information content (AvgIpc) is 2.47. The number of aliphatic hydroxyl groups excluding tert-OH is 1. The van der Waals surface area contributed by atoms with Crippen LogP contribution in [0.4, 0.5) is 0 Å². The molecule has 0 amide bonds. The van der Waals surface area contributed by atoms with Gasteiger partial charge in [-0.2, -0.15) is 0 Å². The van der Waals surface area contributed by atoms with Gasteiger partial charge in [0.25, 0.3) is 0 Å². The molecule has 1 aliphatic rings. The van der Waals surface area contributed by atoms with Crippen LogP contribution >= 0.6 is 11.6 Å². The molecule has 0 aliphatic carbocycles. The molecule has 2 unspecified atom stereocenters. The number of rotatable bonds is 3. The van der Waals surface area contributed by atoms with Crippen LogP contribution in [-0.4, -0.2) is 29.8 Å². The van der Waals surface area contributed by atoms with Crippen LogP contribution in [0.2, 0.25) is 5.02 Å². The van der Waals surface area contributed by atoms with E-state index in [9.17, 15) is 5.11 Å². The molecule has 0 bridgehead atoms. The Labute approximate surface area is 129 Å². The Hall–Kier alpha value is -1.55. The highest BCUT2D eigenvalue weighted by Gasteiger charge is 2.32. The highest BCUT2D eigenvalue weighted by atomic mass is 35.5. The van der Waals surface area contributed by atoms with Gasteiger partial charge in [0.1, 0.15) is 18.5 Å². The van der Waals surface area contributed by atoms with Gasteiger partial charge in [-0.15, -0.1) is 0 Å². The molecule has 0 aromatic heterocycles. The van der Waals surface area contributed by atoms with E-state index in [-0.39, 0.29) is 6.04 Å². The predicted molar refractivity (Wildman–Crippen MR) is 83.6 cm³/mol. The minimum Gasteiger partial charge on any atom is -0.490 e. The number of hydrogen-bond donors (Lipinski definition) is 1. The predicted octanol–water partition coefficient (Wildman–Crippen LogP) is 3.27. The summed E-state index contributed by atoms with van der Waals surface area (Å²) < 4.78 is 5.59. The topological polar surface area (TPSA) is 32.7 Å². The first-order valence-electron chi connectivity index (χ1n) is 6.99. The van der Waals surface area contributed by atoms with Crippen molar-refractivity contribution in [3.8, 4) is 5.75 Å². The number of nitrogens with zero attached hydrogens (tertiary/aromatic N) is 1. The van der Waals surface area contributed by atoms with E-state index < -0.39 is 6.10 Å². The molecule has 2 aromatic carbocycles. The molecule has 21 heavy (non-hydrogen) atoms. The van der Waals surface area contributed by atoms with E-state index >= 15 is 0 Å². The standard InChI is InChI=1S/C17H18ClNO2/c1-19(10-12-5-3-2-4-6-12)17-14-9-13(18)7-8-16(14)21-11-15(17)20/h2-9,15,17,20H,10-11H2,1H3. The van der Waals surface area contributed by atoms with E-state index in [0.717, 1.165) is 17.9 Å². The molecule has 110 valence electrons. The largest absolute Gasteiger partial charge is 0.490 e. The van der Waals surface area contributed by atoms with Crippen LogP contribution in [0.15, 0.2) is 48.5 Å². The van der Waals surface area contributed by atoms with Crippen molar-refractivity contribution in [1.29, 1.82) is 0 Å². The third kappa shape index (κ3) is 3.05. The molecule has 0 saturated heterocycles. The van der Waals surface area contributed by atoms with Crippen molar-refractivity contribution >= 4 is 11.6 Å². The molecule has 0 spiro atoms. The second-order valence-corrected chi connectivity index (χ2v) is 5.84. The van der Waals surface area contributed by atoms with E-state index in [1.165, 1.54) is 5.56 Å². The van der Waals surface area contributed by atoms with Crippen LogP contribution < -0.4 is 4.74 Å². The van der Waals surface area contributed by atoms with Gasteiger partial charge < -0.3 is 9.84 Å². The SMILES string of the molecule is CN(Cc1ccccc1)C1c2cc(Cl)ccc2OCC1O. The molecule has 3 nitrogen and oxygen atoms in total. The third-order valence-electron chi connectivity index (χ3n) is 3.81. The van der Waals surface area contributed by atoms with E-state index in [0.29, 0.717) is 11.6 Å². The molecule has 1 heterocycles. The number of ether oxygens (including phenoxy) is 1. The lowest BCUT2D eigenvalue weighted by Gasteiger charge is -2.36. The van der Waals surface area contributed by atoms with Crippen molar-refractivity contribution in [2.24, 2.45) is 0 Å². The van der Waals surface area contributed by atoms with Crippen LogP contribution in [0, 0.1) is 0 Å². The Kier molecular flexibility index (Phi) is 4.15. The lowest BCUT2D eigenvalue weighted by Crippen LogP contribution is -2.40. The summed E-state index contributed by atoms with van der Waals surface area (Å²) in [6.07, 6.45) is -0.565. The Morgan fingerprint density at radius 2 is 2.00 bits per heavy atom. The van der Waals surface area contributed by atoms with E-state index in [2.05, 4.69) is 17.0 Å². The minimum atomic E-state index is -0.565. The van der Waals surface area contributed by atoms with Crippen molar-refractivity contribution < 1.29 is 9.84 Å². The molecular weight excluding hydrogens is 286 g/mol. The van der Waals surface area contributed by atoms with Crippen LogP contribution in [-0.2, 0) is 6.54 Å². The van der Waals surface area contributed by atoms with Crippen molar-refractivity contribution in [3.05, 3.63) is 64.7 Å². The van der Waals surface area contributed by atoms with Crippen molar-refractivity contribution in [3.63, 3.8) is 0 Å². The Balaban J connectivity index is 1.88. The molecule has 2 aromatic rings. The summed E-state index contributed by atoms with van der Waals surface area (Å²) >= 11 is 6.10.